The van der Waals surface area contributed by atoms with Crippen LogP contribution in [-0.4, -0.2) is 35.9 Å². The van der Waals surface area contributed by atoms with Crippen LogP contribution in [0.4, 0.5) is 0 Å². The monoisotopic (exact) mass is 337 g/mol. The van der Waals surface area contributed by atoms with Crippen molar-refractivity contribution in [2.24, 2.45) is 11.0 Å². The Labute approximate surface area is 147 Å². The van der Waals surface area contributed by atoms with E-state index in [-0.39, 0.29) is 11.8 Å². The van der Waals surface area contributed by atoms with Gasteiger partial charge in [-0.25, -0.2) is 0 Å². The van der Waals surface area contributed by atoms with Crippen LogP contribution in [0.25, 0.3) is 0 Å². The van der Waals surface area contributed by atoms with Crippen molar-refractivity contribution in [1.82, 2.24) is 10.3 Å². The van der Waals surface area contributed by atoms with Crippen LogP contribution in [-0.2, 0) is 6.54 Å². The number of benzene rings is 2. The number of piperidine rings is 1. The van der Waals surface area contributed by atoms with Crippen molar-refractivity contribution in [1.29, 1.82) is 0 Å². The third-order valence-corrected chi connectivity index (χ3v) is 5.13. The summed E-state index contributed by atoms with van der Waals surface area (Å²) in [4.78, 5) is 2.49. The molecule has 2 aliphatic rings. The number of methoxy groups -OCH3 is 1. The van der Waals surface area contributed by atoms with Gasteiger partial charge in [0.15, 0.2) is 11.5 Å². The van der Waals surface area contributed by atoms with E-state index in [9.17, 15) is 5.11 Å². The molecule has 2 aliphatic heterocycles. The minimum atomic E-state index is 0.102. The number of hydrogen-bond donors (Lipinski definition) is 2. The molecule has 4 rings (SSSR count). The quantitative estimate of drug-likeness (QED) is 0.901. The zero-order chi connectivity index (χ0) is 17.2. The number of phenolic OH excluding ortho intramolecular Hbond substituents is 1. The van der Waals surface area contributed by atoms with Crippen LogP contribution in [0.15, 0.2) is 53.6 Å². The lowest BCUT2D eigenvalue weighted by Crippen LogP contribution is -2.41. The van der Waals surface area contributed by atoms with Crippen LogP contribution < -0.4 is 10.2 Å². The van der Waals surface area contributed by atoms with Crippen molar-refractivity contribution in [3.63, 3.8) is 0 Å². The predicted molar refractivity (Wildman–Crippen MR) is 97.8 cm³/mol. The first-order valence-electron chi connectivity index (χ1n) is 8.70. The number of rotatable bonds is 4. The molecule has 0 saturated carbocycles. The van der Waals surface area contributed by atoms with Crippen molar-refractivity contribution >= 4 is 5.71 Å². The Kier molecular flexibility index (Phi) is 4.32. The van der Waals surface area contributed by atoms with Crippen LogP contribution in [0, 0.1) is 5.92 Å². The molecular weight excluding hydrogens is 314 g/mol. The fraction of sp³-hybridized carbons (Fsp3) is 0.350. The Hall–Kier alpha value is -2.53. The third-order valence-electron chi connectivity index (χ3n) is 5.13. The second kappa shape index (κ2) is 6.76. The first kappa shape index (κ1) is 16.0. The summed E-state index contributed by atoms with van der Waals surface area (Å²) in [6, 6.07) is 16.3. The average molecular weight is 337 g/mol. The van der Waals surface area contributed by atoms with E-state index in [2.05, 4.69) is 45.8 Å². The lowest BCUT2D eigenvalue weighted by atomic mass is 9.86. The van der Waals surface area contributed by atoms with Crippen molar-refractivity contribution in [2.75, 3.05) is 20.2 Å². The summed E-state index contributed by atoms with van der Waals surface area (Å²) in [5.74, 6) is 1.01. The Bertz CT molecular complexity index is 776. The van der Waals surface area contributed by atoms with Gasteiger partial charge in [0.2, 0.25) is 0 Å². The predicted octanol–water partition coefficient (Wildman–Crippen LogP) is 2.92. The molecule has 0 amide bonds. The highest BCUT2D eigenvalue weighted by Gasteiger charge is 2.37. The Morgan fingerprint density at radius 2 is 2.08 bits per heavy atom. The fourth-order valence-corrected chi connectivity index (χ4v) is 3.80. The molecule has 130 valence electrons. The van der Waals surface area contributed by atoms with E-state index in [1.54, 1.807) is 13.2 Å². The van der Waals surface area contributed by atoms with E-state index in [0.29, 0.717) is 11.7 Å². The number of likely N-dealkylation sites (tertiary alicyclic amines) is 1. The third kappa shape index (κ3) is 3.20. The molecule has 1 fully saturated rings. The second-order valence-electron chi connectivity index (χ2n) is 6.72. The van der Waals surface area contributed by atoms with E-state index in [1.807, 2.05) is 12.1 Å². The summed E-state index contributed by atoms with van der Waals surface area (Å²) in [5.41, 5.74) is 6.90. The topological polar surface area (TPSA) is 57.1 Å². The highest BCUT2D eigenvalue weighted by molar-refractivity contribution is 5.90. The van der Waals surface area contributed by atoms with Crippen LogP contribution in [0.3, 0.4) is 0 Å². The normalized spacial score (nSPS) is 22.8. The maximum absolute atomic E-state index is 10.1. The van der Waals surface area contributed by atoms with Crippen LogP contribution in [0.1, 0.15) is 23.6 Å². The standard InChI is InChI=1S/C20H23N3O2/c1-25-19-8-7-15(11-18(19)24)20-16-13-23(10-9-17(16)21-22-20)12-14-5-3-2-4-6-14/h2-8,11,16,20,22,24H,9-10,12-13H2,1H3. The van der Waals surface area contributed by atoms with Gasteiger partial charge in [0.25, 0.3) is 0 Å². The summed E-state index contributed by atoms with van der Waals surface area (Å²) in [7, 11) is 1.56. The molecule has 2 heterocycles. The van der Waals surface area contributed by atoms with Gasteiger partial charge < -0.3 is 15.3 Å². The molecule has 1 saturated heterocycles. The smallest absolute Gasteiger partial charge is 0.160 e. The number of nitrogens with one attached hydrogen (secondary N) is 1. The van der Waals surface area contributed by atoms with Gasteiger partial charge in [0, 0.05) is 37.7 Å². The molecule has 0 aromatic heterocycles. The summed E-state index contributed by atoms with van der Waals surface area (Å²) in [6.45, 7) is 2.97. The lowest BCUT2D eigenvalue weighted by molar-refractivity contribution is 0.220. The molecule has 0 radical (unpaired) electrons. The molecule has 2 atom stereocenters. The number of nitrogens with zero attached hydrogens (tertiary/aromatic N) is 2. The molecule has 2 aromatic rings. The van der Waals surface area contributed by atoms with Gasteiger partial charge in [0.05, 0.1) is 13.2 Å². The molecule has 2 aromatic carbocycles. The maximum atomic E-state index is 10.1. The summed E-state index contributed by atoms with van der Waals surface area (Å²) in [6.07, 6.45) is 0.989. The first-order valence-corrected chi connectivity index (χ1v) is 8.70. The lowest BCUT2D eigenvalue weighted by Gasteiger charge is -2.33. The van der Waals surface area contributed by atoms with Crippen LogP contribution >= 0.6 is 0 Å². The van der Waals surface area contributed by atoms with Crippen molar-refractivity contribution in [2.45, 2.75) is 19.0 Å². The molecule has 25 heavy (non-hydrogen) atoms. The van der Waals surface area contributed by atoms with E-state index in [1.165, 1.54) is 11.3 Å². The van der Waals surface area contributed by atoms with Crippen molar-refractivity contribution < 1.29 is 9.84 Å². The minimum absolute atomic E-state index is 0.102. The van der Waals surface area contributed by atoms with Crippen LogP contribution in [0.2, 0.25) is 0 Å². The molecular formula is C20H23N3O2. The largest absolute Gasteiger partial charge is 0.504 e. The van der Waals surface area contributed by atoms with Gasteiger partial charge >= 0.3 is 0 Å². The fourth-order valence-electron chi connectivity index (χ4n) is 3.80. The molecule has 2 unspecified atom stereocenters. The molecule has 5 heteroatoms. The Balaban J connectivity index is 1.50. The van der Waals surface area contributed by atoms with Gasteiger partial charge in [-0.1, -0.05) is 36.4 Å². The van der Waals surface area contributed by atoms with Crippen molar-refractivity contribution in [3.05, 3.63) is 59.7 Å². The summed E-state index contributed by atoms with van der Waals surface area (Å²) >= 11 is 0. The number of fused-ring (bicyclic) bond motifs is 1. The number of phenols is 1. The molecule has 5 nitrogen and oxygen atoms in total. The van der Waals surface area contributed by atoms with E-state index in [4.69, 9.17) is 4.74 Å². The molecule has 0 aliphatic carbocycles. The highest BCUT2D eigenvalue weighted by atomic mass is 16.5. The second-order valence-corrected chi connectivity index (χ2v) is 6.72. The van der Waals surface area contributed by atoms with Crippen molar-refractivity contribution in [3.8, 4) is 11.5 Å². The van der Waals surface area contributed by atoms with Gasteiger partial charge in [-0.05, 0) is 23.3 Å². The zero-order valence-electron chi connectivity index (χ0n) is 14.4. The summed E-state index contributed by atoms with van der Waals surface area (Å²) < 4.78 is 5.15. The SMILES string of the molecule is COc1ccc(C2NN=C3CCN(Cc4ccccc4)CC32)cc1O. The van der Waals surface area contributed by atoms with E-state index < -0.39 is 0 Å². The summed E-state index contributed by atoms with van der Waals surface area (Å²) in [5, 5.41) is 14.7. The van der Waals surface area contributed by atoms with Gasteiger partial charge in [-0.3, -0.25) is 4.90 Å². The van der Waals surface area contributed by atoms with Gasteiger partial charge in [-0.2, -0.15) is 5.10 Å². The Morgan fingerprint density at radius 1 is 1.24 bits per heavy atom. The zero-order valence-corrected chi connectivity index (χ0v) is 14.4. The van der Waals surface area contributed by atoms with Gasteiger partial charge in [0.1, 0.15) is 0 Å². The maximum Gasteiger partial charge on any atom is 0.160 e. The highest BCUT2D eigenvalue weighted by Crippen LogP contribution is 2.36. The number of hydrogen-bond acceptors (Lipinski definition) is 5. The van der Waals surface area contributed by atoms with Gasteiger partial charge in [-0.15, -0.1) is 0 Å². The number of aromatic hydroxyl groups is 1. The Morgan fingerprint density at radius 3 is 2.84 bits per heavy atom. The molecule has 0 spiro atoms. The van der Waals surface area contributed by atoms with Crippen LogP contribution in [0.5, 0.6) is 11.5 Å². The molecule has 2 N–H and O–H groups in total. The molecule has 0 bridgehead atoms. The minimum Gasteiger partial charge on any atom is -0.504 e. The number of ether oxygens (including phenoxy) is 1. The first-order chi connectivity index (χ1) is 12.2. The average Bonchev–Trinajstić information content (AvgIpc) is 3.06. The number of hydrazone groups is 1. The van der Waals surface area contributed by atoms with E-state index >= 15 is 0 Å². The van der Waals surface area contributed by atoms with E-state index in [0.717, 1.165) is 31.6 Å².